The van der Waals surface area contributed by atoms with Crippen molar-refractivity contribution in [2.75, 3.05) is 0 Å². The summed E-state index contributed by atoms with van der Waals surface area (Å²) >= 11 is 0. The molecule has 4 nitrogen and oxygen atoms in total. The molecule has 0 aliphatic rings. The molecule has 0 saturated carbocycles. The number of aromatic nitrogens is 3. The summed E-state index contributed by atoms with van der Waals surface area (Å²) in [5, 5.41) is 8.46. The van der Waals surface area contributed by atoms with Gasteiger partial charge in [0.2, 0.25) is 0 Å². The third-order valence-corrected chi connectivity index (χ3v) is 5.80. The monoisotopic (exact) mass is 291 g/mol. The largest absolute Gasteiger partial charge is 0.259 e. The predicted octanol–water partition coefficient (Wildman–Crippen LogP) is 3.27. The highest BCUT2D eigenvalue weighted by atomic mass is 32.2. The molecule has 1 aromatic heterocycles. The van der Waals surface area contributed by atoms with Crippen molar-refractivity contribution in [3.63, 3.8) is 0 Å². The van der Waals surface area contributed by atoms with Crippen LogP contribution in [0.2, 0.25) is 0 Å². The molecular weight excluding hydrogens is 270 g/mol. The lowest BCUT2D eigenvalue weighted by molar-refractivity contribution is 0.648. The second kappa shape index (κ2) is 6.79. The van der Waals surface area contributed by atoms with Crippen LogP contribution < -0.4 is 0 Å². The fraction of sp³-hybridized carbons (Fsp3) is 0.467. The van der Waals surface area contributed by atoms with Crippen LogP contribution in [0.25, 0.3) is 5.69 Å². The van der Waals surface area contributed by atoms with Crippen LogP contribution >= 0.6 is 0 Å². The number of hydrogen-bond donors (Lipinski definition) is 0. The molecule has 0 unspecified atom stereocenters. The zero-order valence-corrected chi connectivity index (χ0v) is 13.0. The van der Waals surface area contributed by atoms with Crippen LogP contribution in [0.1, 0.15) is 44.6 Å². The third-order valence-electron chi connectivity index (χ3n) is 3.54. The van der Waals surface area contributed by atoms with Gasteiger partial charge in [-0.3, -0.25) is 4.21 Å². The van der Waals surface area contributed by atoms with Crippen molar-refractivity contribution in [2.24, 2.45) is 0 Å². The van der Waals surface area contributed by atoms with Gasteiger partial charge in [0.25, 0.3) is 0 Å². The summed E-state index contributed by atoms with van der Waals surface area (Å²) in [5.41, 5.74) is 1.76. The van der Waals surface area contributed by atoms with Crippen molar-refractivity contribution in [2.45, 2.75) is 44.1 Å². The van der Waals surface area contributed by atoms with Gasteiger partial charge in [-0.2, -0.15) is 0 Å². The molecule has 1 heterocycles. The van der Waals surface area contributed by atoms with Gasteiger partial charge in [-0.25, -0.2) is 4.68 Å². The molecule has 0 aliphatic carbocycles. The van der Waals surface area contributed by atoms with Gasteiger partial charge >= 0.3 is 0 Å². The molecule has 20 heavy (non-hydrogen) atoms. The van der Waals surface area contributed by atoms with Crippen LogP contribution in [0.3, 0.4) is 0 Å². The lowest BCUT2D eigenvalue weighted by Gasteiger charge is -2.16. The van der Waals surface area contributed by atoms with E-state index in [1.165, 1.54) is 0 Å². The molecule has 0 saturated heterocycles. The van der Waals surface area contributed by atoms with E-state index in [1.807, 2.05) is 43.5 Å². The molecule has 108 valence electrons. The van der Waals surface area contributed by atoms with Crippen molar-refractivity contribution >= 4 is 10.8 Å². The summed E-state index contributed by atoms with van der Waals surface area (Å²) in [4.78, 5) is 0. The van der Waals surface area contributed by atoms with Crippen molar-refractivity contribution in [1.29, 1.82) is 0 Å². The van der Waals surface area contributed by atoms with Crippen molar-refractivity contribution in [3.8, 4) is 5.69 Å². The van der Waals surface area contributed by atoms with Crippen LogP contribution in [0.4, 0.5) is 0 Å². The van der Waals surface area contributed by atoms with E-state index in [-0.39, 0.29) is 10.5 Å². The molecule has 2 atom stereocenters. The first-order valence-electron chi connectivity index (χ1n) is 7.04. The maximum Gasteiger partial charge on any atom is 0.0984 e. The van der Waals surface area contributed by atoms with Gasteiger partial charge in [-0.15, -0.1) is 5.10 Å². The van der Waals surface area contributed by atoms with E-state index in [0.717, 1.165) is 24.2 Å². The zero-order chi connectivity index (χ0) is 14.5. The van der Waals surface area contributed by atoms with Crippen LogP contribution in [0.5, 0.6) is 0 Å². The Labute approximate surface area is 122 Å². The average molecular weight is 291 g/mol. The Balaban J connectivity index is 2.18. The number of rotatable bonds is 6. The first-order chi connectivity index (χ1) is 9.67. The summed E-state index contributed by atoms with van der Waals surface area (Å²) in [5.74, 6) is 0. The molecule has 0 amide bonds. The highest BCUT2D eigenvalue weighted by molar-refractivity contribution is 7.85. The number of benzene rings is 1. The number of nitrogens with zero attached hydrogens (tertiary/aromatic N) is 3. The van der Waals surface area contributed by atoms with E-state index >= 15 is 0 Å². The topological polar surface area (TPSA) is 47.8 Å². The Bertz CT molecular complexity index is 564. The van der Waals surface area contributed by atoms with Crippen LogP contribution in [0, 0.1) is 0 Å². The highest BCUT2D eigenvalue weighted by Crippen LogP contribution is 2.23. The van der Waals surface area contributed by atoms with Gasteiger partial charge in [-0.1, -0.05) is 37.3 Å². The molecule has 0 spiro atoms. The fourth-order valence-corrected chi connectivity index (χ4v) is 3.78. The van der Waals surface area contributed by atoms with Crippen molar-refractivity contribution < 1.29 is 4.21 Å². The quantitative estimate of drug-likeness (QED) is 0.820. The summed E-state index contributed by atoms with van der Waals surface area (Å²) < 4.78 is 14.2. The van der Waals surface area contributed by atoms with Gasteiger partial charge in [-0.05, 0) is 31.9 Å². The molecule has 0 bridgehead atoms. The summed E-state index contributed by atoms with van der Waals surface area (Å²) in [7, 11) is -0.912. The average Bonchev–Trinajstić information content (AvgIpc) is 2.98. The smallest absolute Gasteiger partial charge is 0.0984 e. The van der Waals surface area contributed by atoms with E-state index in [4.69, 9.17) is 0 Å². The Kier molecular flexibility index (Phi) is 5.06. The molecule has 0 radical (unpaired) electrons. The minimum atomic E-state index is -0.912. The van der Waals surface area contributed by atoms with Crippen LogP contribution in [-0.2, 0) is 10.8 Å². The highest BCUT2D eigenvalue weighted by Gasteiger charge is 2.23. The van der Waals surface area contributed by atoms with Crippen LogP contribution in [0.15, 0.2) is 36.5 Å². The van der Waals surface area contributed by atoms with Crippen LogP contribution in [-0.4, -0.2) is 24.5 Å². The maximum atomic E-state index is 12.5. The number of para-hydroxylation sites is 1. The number of hydrogen-bond acceptors (Lipinski definition) is 3. The predicted molar refractivity (Wildman–Crippen MR) is 82.3 cm³/mol. The third kappa shape index (κ3) is 3.15. The van der Waals surface area contributed by atoms with Gasteiger partial charge in [0, 0.05) is 16.0 Å². The van der Waals surface area contributed by atoms with Crippen molar-refractivity contribution in [1.82, 2.24) is 15.0 Å². The van der Waals surface area contributed by atoms with E-state index in [9.17, 15) is 4.21 Å². The molecule has 2 aromatic rings. The summed E-state index contributed by atoms with van der Waals surface area (Å²) in [6, 6.07) is 9.83. The lowest BCUT2D eigenvalue weighted by Crippen LogP contribution is -2.18. The molecule has 0 aliphatic heterocycles. The lowest BCUT2D eigenvalue weighted by atomic mass is 10.3. The van der Waals surface area contributed by atoms with E-state index in [2.05, 4.69) is 24.2 Å². The molecule has 1 aromatic carbocycles. The SMILES string of the molecule is CCC(CC)[S@@](=O)[C@@H](C)c1cn(-c2ccccc2)nn1. The standard InChI is InChI=1S/C15H21N3OS/c1-4-14(5-2)20(19)12(3)15-11-18(17-16-15)13-9-7-6-8-10-13/h6-12,14H,4-5H2,1-3H3/t12-,20-/m0/s1. The minimum Gasteiger partial charge on any atom is -0.259 e. The fourth-order valence-electron chi connectivity index (χ4n) is 2.19. The molecule has 0 N–H and O–H groups in total. The van der Waals surface area contributed by atoms with Gasteiger partial charge < -0.3 is 0 Å². The van der Waals surface area contributed by atoms with Gasteiger partial charge in [0.15, 0.2) is 0 Å². The van der Waals surface area contributed by atoms with Gasteiger partial charge in [0.05, 0.1) is 22.8 Å². The van der Waals surface area contributed by atoms with E-state index in [0.29, 0.717) is 0 Å². The second-order valence-corrected chi connectivity index (χ2v) is 6.86. The molecular formula is C15H21N3OS. The summed E-state index contributed by atoms with van der Waals surface area (Å²) in [6.45, 7) is 6.13. The Morgan fingerprint density at radius 1 is 1.20 bits per heavy atom. The first-order valence-corrected chi connectivity index (χ1v) is 8.32. The Hall–Kier alpha value is -1.49. The zero-order valence-electron chi connectivity index (χ0n) is 12.2. The minimum absolute atomic E-state index is 0.0858. The maximum absolute atomic E-state index is 12.5. The second-order valence-electron chi connectivity index (χ2n) is 4.83. The van der Waals surface area contributed by atoms with E-state index in [1.54, 1.807) is 4.68 Å². The normalized spacial score (nSPS) is 14.4. The Morgan fingerprint density at radius 2 is 1.85 bits per heavy atom. The molecule has 2 rings (SSSR count). The molecule has 0 fully saturated rings. The Morgan fingerprint density at radius 3 is 2.45 bits per heavy atom. The first kappa shape index (κ1) is 14.9. The molecule has 5 heteroatoms. The van der Waals surface area contributed by atoms with Crippen molar-refractivity contribution in [3.05, 3.63) is 42.2 Å². The summed E-state index contributed by atoms with van der Waals surface area (Å²) in [6.07, 6.45) is 3.74. The van der Waals surface area contributed by atoms with E-state index < -0.39 is 10.8 Å². The van der Waals surface area contributed by atoms with Gasteiger partial charge in [0.1, 0.15) is 0 Å².